The first-order chi connectivity index (χ1) is 7.83. The summed E-state index contributed by atoms with van der Waals surface area (Å²) in [6, 6.07) is 8.09. The van der Waals surface area contributed by atoms with E-state index in [1.807, 2.05) is 25.1 Å². The standard InChI is InChI=1S/C15H18FN/c1-6-17-14-9-12(10-15(4,5)16)7-8-13(14)11(2)3/h1,7-9,17H,2,10H2,3-5H3. The maximum Gasteiger partial charge on any atom is 0.109 e. The smallest absolute Gasteiger partial charge is 0.109 e. The number of anilines is 1. The normalized spacial score (nSPS) is 10.8. The zero-order valence-corrected chi connectivity index (χ0v) is 10.6. The molecule has 0 aliphatic rings. The lowest BCUT2D eigenvalue weighted by Gasteiger charge is -2.16. The third-order valence-corrected chi connectivity index (χ3v) is 2.38. The molecule has 0 aromatic heterocycles. The number of nitrogens with one attached hydrogen (secondary N) is 1. The maximum atomic E-state index is 13.6. The largest absolute Gasteiger partial charge is 0.315 e. The summed E-state index contributed by atoms with van der Waals surface area (Å²) in [5.41, 5.74) is 2.39. The lowest BCUT2D eigenvalue weighted by atomic mass is 9.97. The minimum atomic E-state index is -1.22. The third-order valence-electron chi connectivity index (χ3n) is 2.38. The summed E-state index contributed by atoms with van der Waals surface area (Å²) in [6.45, 7) is 8.93. The van der Waals surface area contributed by atoms with Gasteiger partial charge in [0.15, 0.2) is 0 Å². The van der Waals surface area contributed by atoms with Gasteiger partial charge in [-0.25, -0.2) is 4.39 Å². The molecule has 0 bridgehead atoms. The van der Waals surface area contributed by atoms with E-state index in [9.17, 15) is 4.39 Å². The van der Waals surface area contributed by atoms with Crippen molar-refractivity contribution in [3.05, 3.63) is 35.9 Å². The fraction of sp³-hybridized carbons (Fsp3) is 0.333. The molecule has 0 saturated heterocycles. The van der Waals surface area contributed by atoms with Crippen molar-refractivity contribution in [3.63, 3.8) is 0 Å². The molecule has 0 aliphatic heterocycles. The number of hydrogen-bond acceptors (Lipinski definition) is 1. The Morgan fingerprint density at radius 1 is 1.53 bits per heavy atom. The van der Waals surface area contributed by atoms with Crippen LogP contribution in [0.25, 0.3) is 5.57 Å². The second kappa shape index (κ2) is 5.05. The molecule has 0 spiro atoms. The zero-order valence-electron chi connectivity index (χ0n) is 10.6. The molecule has 1 aromatic rings. The molecule has 0 radical (unpaired) electrons. The summed E-state index contributed by atoms with van der Waals surface area (Å²) in [6.07, 6.45) is 5.61. The lowest BCUT2D eigenvalue weighted by Crippen LogP contribution is -2.15. The third kappa shape index (κ3) is 3.96. The van der Waals surface area contributed by atoms with Crippen molar-refractivity contribution >= 4 is 11.3 Å². The van der Waals surface area contributed by atoms with Crippen molar-refractivity contribution in [2.24, 2.45) is 0 Å². The van der Waals surface area contributed by atoms with Gasteiger partial charge in [0.25, 0.3) is 0 Å². The van der Waals surface area contributed by atoms with Gasteiger partial charge in [0.2, 0.25) is 0 Å². The topological polar surface area (TPSA) is 12.0 Å². The SMILES string of the molecule is C#CNc1cc(CC(C)(C)F)ccc1C(=C)C. The Bertz CT molecular complexity index is 461. The Morgan fingerprint density at radius 2 is 2.18 bits per heavy atom. The monoisotopic (exact) mass is 231 g/mol. The van der Waals surface area contributed by atoms with Gasteiger partial charge < -0.3 is 5.32 Å². The van der Waals surface area contributed by atoms with Crippen molar-refractivity contribution in [3.8, 4) is 12.5 Å². The Kier molecular flexibility index (Phi) is 3.96. The van der Waals surface area contributed by atoms with Crippen LogP contribution >= 0.6 is 0 Å². The van der Waals surface area contributed by atoms with Crippen LogP contribution in [0.15, 0.2) is 24.8 Å². The first-order valence-electron chi connectivity index (χ1n) is 5.53. The van der Waals surface area contributed by atoms with Crippen LogP contribution in [-0.4, -0.2) is 5.67 Å². The van der Waals surface area contributed by atoms with Crippen molar-refractivity contribution in [1.29, 1.82) is 0 Å². The number of hydrogen-bond donors (Lipinski definition) is 1. The average molecular weight is 231 g/mol. The molecule has 0 heterocycles. The number of benzene rings is 1. The predicted octanol–water partition coefficient (Wildman–Crippen LogP) is 4.01. The summed E-state index contributed by atoms with van der Waals surface area (Å²) in [5, 5.41) is 2.83. The number of terminal acetylenes is 1. The lowest BCUT2D eigenvalue weighted by molar-refractivity contribution is 0.217. The van der Waals surface area contributed by atoms with Crippen LogP contribution in [0.4, 0.5) is 10.1 Å². The highest BCUT2D eigenvalue weighted by Gasteiger charge is 2.17. The van der Waals surface area contributed by atoms with Crippen LogP contribution in [0.5, 0.6) is 0 Å². The van der Waals surface area contributed by atoms with Crippen LogP contribution in [0, 0.1) is 12.5 Å². The number of allylic oxidation sites excluding steroid dienone is 1. The minimum Gasteiger partial charge on any atom is -0.315 e. The van der Waals surface area contributed by atoms with Crippen LogP contribution in [0.2, 0.25) is 0 Å². The quantitative estimate of drug-likeness (QED) is 0.609. The molecule has 17 heavy (non-hydrogen) atoms. The molecule has 1 N–H and O–H groups in total. The van der Waals surface area contributed by atoms with E-state index in [0.717, 1.165) is 22.4 Å². The molecule has 1 nitrogen and oxygen atoms in total. The summed E-state index contributed by atoms with van der Waals surface area (Å²) in [5.74, 6) is 0. The van der Waals surface area contributed by atoms with Crippen LogP contribution in [0.3, 0.4) is 0 Å². The summed E-state index contributed by atoms with van der Waals surface area (Å²) >= 11 is 0. The van der Waals surface area contributed by atoms with Crippen molar-refractivity contribution in [2.45, 2.75) is 32.9 Å². The second-order valence-corrected chi connectivity index (χ2v) is 4.83. The Hall–Kier alpha value is -1.75. The molecule has 2 heteroatoms. The fourth-order valence-corrected chi connectivity index (χ4v) is 1.74. The highest BCUT2D eigenvalue weighted by atomic mass is 19.1. The highest BCUT2D eigenvalue weighted by molar-refractivity contribution is 5.75. The highest BCUT2D eigenvalue weighted by Crippen LogP contribution is 2.26. The van der Waals surface area contributed by atoms with Gasteiger partial charge in [-0.1, -0.05) is 25.1 Å². The van der Waals surface area contributed by atoms with E-state index in [1.54, 1.807) is 13.8 Å². The molecule has 1 aromatic carbocycles. The van der Waals surface area contributed by atoms with Gasteiger partial charge in [-0.3, -0.25) is 0 Å². The maximum absolute atomic E-state index is 13.6. The van der Waals surface area contributed by atoms with Gasteiger partial charge in [0.05, 0.1) is 5.69 Å². The first kappa shape index (κ1) is 13.3. The number of rotatable bonds is 4. The first-order valence-corrected chi connectivity index (χ1v) is 5.53. The van der Waals surface area contributed by atoms with Crippen molar-refractivity contribution < 1.29 is 4.39 Å². The van der Waals surface area contributed by atoms with Crippen LogP contribution in [0.1, 0.15) is 31.9 Å². The summed E-state index contributed by atoms with van der Waals surface area (Å²) in [7, 11) is 0. The van der Waals surface area contributed by atoms with Crippen molar-refractivity contribution in [1.82, 2.24) is 0 Å². The van der Waals surface area contributed by atoms with Gasteiger partial charge in [0.1, 0.15) is 5.67 Å². The predicted molar refractivity (Wildman–Crippen MR) is 72.5 cm³/mol. The van der Waals surface area contributed by atoms with E-state index in [0.29, 0.717) is 6.42 Å². The molecular formula is C15H18FN. The Labute approximate surface area is 103 Å². The van der Waals surface area contributed by atoms with E-state index in [2.05, 4.69) is 17.9 Å². The average Bonchev–Trinajstić information content (AvgIpc) is 2.15. The molecule has 0 aliphatic carbocycles. The second-order valence-electron chi connectivity index (χ2n) is 4.83. The summed E-state index contributed by atoms with van der Waals surface area (Å²) < 4.78 is 13.6. The summed E-state index contributed by atoms with van der Waals surface area (Å²) in [4.78, 5) is 0. The fourth-order valence-electron chi connectivity index (χ4n) is 1.74. The van der Waals surface area contributed by atoms with E-state index in [-0.39, 0.29) is 0 Å². The number of alkyl halides is 1. The molecule has 0 atom stereocenters. The minimum absolute atomic E-state index is 0.364. The van der Waals surface area contributed by atoms with Crippen LogP contribution < -0.4 is 5.32 Å². The molecule has 1 rings (SSSR count). The number of halogens is 1. The van der Waals surface area contributed by atoms with Gasteiger partial charge in [-0.15, -0.1) is 0 Å². The molecule has 0 fully saturated rings. The van der Waals surface area contributed by atoms with Gasteiger partial charge in [-0.2, -0.15) is 0 Å². The zero-order chi connectivity index (χ0) is 13.1. The van der Waals surface area contributed by atoms with E-state index in [4.69, 9.17) is 6.42 Å². The molecule has 90 valence electrons. The molecule has 0 unspecified atom stereocenters. The van der Waals surface area contributed by atoms with E-state index in [1.165, 1.54) is 0 Å². The Morgan fingerprint density at radius 3 is 2.65 bits per heavy atom. The molecule has 0 saturated carbocycles. The van der Waals surface area contributed by atoms with E-state index >= 15 is 0 Å². The molecule has 0 amide bonds. The van der Waals surface area contributed by atoms with Crippen LogP contribution in [-0.2, 0) is 6.42 Å². The van der Waals surface area contributed by atoms with Crippen molar-refractivity contribution in [2.75, 3.05) is 5.32 Å². The van der Waals surface area contributed by atoms with Gasteiger partial charge in [0, 0.05) is 18.0 Å². The van der Waals surface area contributed by atoms with Gasteiger partial charge in [-0.05, 0) is 38.0 Å². The molecular weight excluding hydrogens is 213 g/mol. The Balaban J connectivity index is 3.10. The van der Waals surface area contributed by atoms with Gasteiger partial charge >= 0.3 is 0 Å². The van der Waals surface area contributed by atoms with E-state index < -0.39 is 5.67 Å².